The van der Waals surface area contributed by atoms with Crippen LogP contribution in [0.25, 0.3) is 22.3 Å². The maximum Gasteiger partial charge on any atom is 0.357 e. The summed E-state index contributed by atoms with van der Waals surface area (Å²) in [4.78, 5) is 19.1. The van der Waals surface area contributed by atoms with Gasteiger partial charge >= 0.3 is 5.56 Å². The number of benzene rings is 3. The maximum absolute atomic E-state index is 13.2. The molecule has 0 fully saturated rings. The fraction of sp³-hybridized carbons (Fsp3) is 0.0909. The van der Waals surface area contributed by atoms with Gasteiger partial charge in [-0.2, -0.15) is 4.73 Å². The number of nitrogens with zero attached hydrogens (tertiary/aromatic N) is 2. The van der Waals surface area contributed by atoms with E-state index in [4.69, 9.17) is 9.57 Å². The van der Waals surface area contributed by atoms with Crippen molar-refractivity contribution >= 4 is 33.6 Å². The number of rotatable bonds is 5. The van der Waals surface area contributed by atoms with Crippen LogP contribution < -0.4 is 19.9 Å². The zero-order chi connectivity index (χ0) is 20.4. The monoisotopic (exact) mass is 500 g/mol. The van der Waals surface area contributed by atoms with Crippen LogP contribution in [0.1, 0.15) is 5.56 Å². The number of hydrogen-bond donors (Lipinski definition) is 0. The molecule has 0 spiro atoms. The lowest BCUT2D eigenvalue weighted by Crippen LogP contribution is -2.42. The van der Waals surface area contributed by atoms with Crippen molar-refractivity contribution in [3.05, 3.63) is 97.5 Å². The molecule has 0 saturated heterocycles. The summed E-state index contributed by atoms with van der Waals surface area (Å²) in [6.07, 6.45) is 0. The SMILES string of the molecule is COc1ccc(-c2c(=O)n(OCc3ccc(I)cc3)c3ccccc3[n+]2[O-])cc1. The number of hydrogen-bond acceptors (Lipinski definition) is 4. The predicted molar refractivity (Wildman–Crippen MR) is 119 cm³/mol. The molecule has 0 unspecified atom stereocenters. The molecule has 0 bridgehead atoms. The second kappa shape index (κ2) is 8.12. The highest BCUT2D eigenvalue weighted by Crippen LogP contribution is 2.19. The van der Waals surface area contributed by atoms with Gasteiger partial charge in [0.25, 0.3) is 5.69 Å². The summed E-state index contributed by atoms with van der Waals surface area (Å²) < 4.78 is 8.13. The second-order valence-electron chi connectivity index (χ2n) is 6.36. The first-order chi connectivity index (χ1) is 14.1. The smallest absolute Gasteiger partial charge is 0.357 e. The molecule has 0 aliphatic rings. The van der Waals surface area contributed by atoms with Crippen LogP contribution in [-0.4, -0.2) is 11.8 Å². The molecule has 0 N–H and O–H groups in total. The Hall–Kier alpha value is -3.07. The average molecular weight is 500 g/mol. The van der Waals surface area contributed by atoms with Crippen LogP contribution in [0.15, 0.2) is 77.6 Å². The largest absolute Gasteiger partial charge is 0.618 e. The quantitative estimate of drug-likeness (QED) is 0.239. The van der Waals surface area contributed by atoms with Crippen molar-refractivity contribution < 1.29 is 14.3 Å². The molecule has 0 aliphatic carbocycles. The highest BCUT2D eigenvalue weighted by atomic mass is 127. The fourth-order valence-electron chi connectivity index (χ4n) is 3.06. The van der Waals surface area contributed by atoms with E-state index in [9.17, 15) is 10.0 Å². The van der Waals surface area contributed by atoms with Crippen molar-refractivity contribution in [1.82, 2.24) is 4.73 Å². The van der Waals surface area contributed by atoms with Crippen LogP contribution in [0.4, 0.5) is 0 Å². The van der Waals surface area contributed by atoms with Crippen LogP contribution in [0.2, 0.25) is 0 Å². The van der Waals surface area contributed by atoms with E-state index in [1.165, 1.54) is 4.73 Å². The summed E-state index contributed by atoms with van der Waals surface area (Å²) >= 11 is 2.23. The van der Waals surface area contributed by atoms with Gasteiger partial charge < -0.3 is 14.8 Å². The Labute approximate surface area is 180 Å². The van der Waals surface area contributed by atoms with Crippen LogP contribution in [0.5, 0.6) is 5.75 Å². The van der Waals surface area contributed by atoms with Gasteiger partial charge in [0, 0.05) is 9.64 Å². The van der Waals surface area contributed by atoms with Gasteiger partial charge in [-0.25, -0.2) is 0 Å². The molecule has 0 atom stereocenters. The van der Waals surface area contributed by atoms with Gasteiger partial charge in [-0.3, -0.25) is 4.79 Å². The fourth-order valence-corrected chi connectivity index (χ4v) is 3.42. The first-order valence-electron chi connectivity index (χ1n) is 8.88. The van der Waals surface area contributed by atoms with Crippen molar-refractivity contribution in [3.8, 4) is 17.0 Å². The molecule has 29 heavy (non-hydrogen) atoms. The van der Waals surface area contributed by atoms with Crippen LogP contribution in [-0.2, 0) is 6.61 Å². The summed E-state index contributed by atoms with van der Waals surface area (Å²) in [5, 5.41) is 13.0. The maximum atomic E-state index is 13.2. The van der Waals surface area contributed by atoms with E-state index >= 15 is 0 Å². The third kappa shape index (κ3) is 3.77. The third-order valence-corrected chi connectivity index (χ3v) is 5.27. The van der Waals surface area contributed by atoms with Crippen LogP contribution >= 0.6 is 22.6 Å². The van der Waals surface area contributed by atoms with Crippen molar-refractivity contribution in [1.29, 1.82) is 0 Å². The van der Waals surface area contributed by atoms with Gasteiger partial charge in [0.05, 0.1) is 12.7 Å². The Morgan fingerprint density at radius 1 is 1.00 bits per heavy atom. The molecule has 6 nitrogen and oxygen atoms in total. The first kappa shape index (κ1) is 19.3. The number of para-hydroxylation sites is 2. The first-order valence-corrected chi connectivity index (χ1v) is 9.96. The van der Waals surface area contributed by atoms with Gasteiger partial charge in [0.15, 0.2) is 5.52 Å². The standard InChI is InChI=1S/C22H17IN2O4/c1-28-18-12-8-16(9-13-18)21-22(26)25(20-5-3-2-4-19(20)24(21)27)29-14-15-6-10-17(23)11-7-15/h2-13H,14H2,1H3. The van der Waals surface area contributed by atoms with Crippen LogP contribution in [0, 0.1) is 8.78 Å². The number of fused-ring (bicyclic) bond motifs is 1. The molecule has 146 valence electrons. The molecular formula is C22H17IN2O4. The highest BCUT2D eigenvalue weighted by Gasteiger charge is 2.23. The summed E-state index contributed by atoms with van der Waals surface area (Å²) in [6, 6.07) is 21.5. The molecule has 1 heterocycles. The average Bonchev–Trinajstić information content (AvgIpc) is 2.75. The zero-order valence-corrected chi connectivity index (χ0v) is 17.7. The number of aromatic nitrogens is 2. The molecule has 4 aromatic rings. The Bertz CT molecular complexity index is 1220. The van der Waals surface area contributed by atoms with Crippen molar-refractivity contribution in [2.75, 3.05) is 7.11 Å². The minimum absolute atomic E-state index is 0.00559. The number of halogens is 1. The van der Waals surface area contributed by atoms with E-state index in [-0.39, 0.29) is 12.3 Å². The van der Waals surface area contributed by atoms with E-state index in [1.807, 2.05) is 24.3 Å². The topological polar surface area (TPSA) is 67.4 Å². The number of ether oxygens (including phenoxy) is 1. The van der Waals surface area contributed by atoms with E-state index in [2.05, 4.69) is 22.6 Å². The Morgan fingerprint density at radius 2 is 1.69 bits per heavy atom. The molecule has 0 amide bonds. The van der Waals surface area contributed by atoms with E-state index in [0.29, 0.717) is 27.1 Å². The van der Waals surface area contributed by atoms with Crippen molar-refractivity contribution in [2.24, 2.45) is 0 Å². The molecule has 0 aliphatic heterocycles. The summed E-state index contributed by atoms with van der Waals surface area (Å²) in [5.74, 6) is 0.641. The van der Waals surface area contributed by atoms with Crippen LogP contribution in [0.3, 0.4) is 0 Å². The van der Waals surface area contributed by atoms with Crippen molar-refractivity contribution in [3.63, 3.8) is 0 Å². The molecule has 0 saturated carbocycles. The lowest BCUT2D eigenvalue weighted by Gasteiger charge is -2.14. The zero-order valence-electron chi connectivity index (χ0n) is 15.5. The summed E-state index contributed by atoms with van der Waals surface area (Å²) in [5.41, 5.74) is 1.65. The lowest BCUT2D eigenvalue weighted by molar-refractivity contribution is -0.566. The Balaban J connectivity index is 1.84. The minimum atomic E-state index is -0.519. The predicted octanol–water partition coefficient (Wildman–Crippen LogP) is 3.54. The molecule has 1 aromatic heterocycles. The van der Waals surface area contributed by atoms with E-state index < -0.39 is 5.56 Å². The molecule has 0 radical (unpaired) electrons. The Kier molecular flexibility index (Phi) is 5.39. The normalized spacial score (nSPS) is 10.8. The van der Waals surface area contributed by atoms with E-state index in [0.717, 1.165) is 9.13 Å². The molecular weight excluding hydrogens is 483 g/mol. The Morgan fingerprint density at radius 3 is 2.38 bits per heavy atom. The second-order valence-corrected chi connectivity index (χ2v) is 7.61. The molecule has 4 rings (SSSR count). The molecule has 7 heteroatoms. The van der Waals surface area contributed by atoms with Gasteiger partial charge in [-0.05, 0) is 70.6 Å². The van der Waals surface area contributed by atoms with Gasteiger partial charge in [0.2, 0.25) is 5.52 Å². The minimum Gasteiger partial charge on any atom is -0.618 e. The van der Waals surface area contributed by atoms with Gasteiger partial charge in [0.1, 0.15) is 12.4 Å². The number of methoxy groups -OCH3 is 1. The lowest BCUT2D eigenvalue weighted by atomic mass is 10.1. The third-order valence-electron chi connectivity index (χ3n) is 4.55. The van der Waals surface area contributed by atoms with Crippen molar-refractivity contribution in [2.45, 2.75) is 6.61 Å². The summed E-state index contributed by atoms with van der Waals surface area (Å²) in [7, 11) is 1.56. The van der Waals surface area contributed by atoms with E-state index in [1.54, 1.807) is 55.6 Å². The van der Waals surface area contributed by atoms with Gasteiger partial charge in [-0.1, -0.05) is 24.3 Å². The molecule has 3 aromatic carbocycles. The summed E-state index contributed by atoms with van der Waals surface area (Å²) in [6.45, 7) is 0.200. The van der Waals surface area contributed by atoms with Gasteiger partial charge in [-0.15, -0.1) is 4.73 Å². The highest BCUT2D eigenvalue weighted by molar-refractivity contribution is 14.1.